The van der Waals surface area contributed by atoms with E-state index in [4.69, 9.17) is 15.9 Å². The highest BCUT2D eigenvalue weighted by atomic mass is 19.1. The van der Waals surface area contributed by atoms with E-state index in [0.29, 0.717) is 17.7 Å². The lowest BCUT2D eigenvalue weighted by Gasteiger charge is -2.32. The second kappa shape index (κ2) is 6.81. The second-order valence-corrected chi connectivity index (χ2v) is 5.17. The molecule has 0 spiro atoms. The van der Waals surface area contributed by atoms with Gasteiger partial charge >= 0.3 is 0 Å². The number of nitrogens with zero attached hydrogens (tertiary/aromatic N) is 1. The molecule has 0 radical (unpaired) electrons. The van der Waals surface area contributed by atoms with Crippen molar-refractivity contribution in [3.05, 3.63) is 35.1 Å². The number of halogens is 1. The standard InChI is InChI=1S/C15H22FN3O/c1-2-20-13-4-3-7-19(10-13)9-12-6-5-11(15(17)18)8-14(12)16/h5-6,8,13H,2-4,7,9-10H2,1H3,(H3,17,18). The van der Waals surface area contributed by atoms with E-state index in [0.717, 1.165) is 32.5 Å². The molecule has 1 aromatic rings. The molecule has 1 unspecified atom stereocenters. The highest BCUT2D eigenvalue weighted by molar-refractivity contribution is 5.94. The van der Waals surface area contributed by atoms with Gasteiger partial charge in [-0.2, -0.15) is 0 Å². The molecule has 20 heavy (non-hydrogen) atoms. The molecule has 5 heteroatoms. The fourth-order valence-electron chi connectivity index (χ4n) is 2.61. The molecule has 110 valence electrons. The lowest BCUT2D eigenvalue weighted by atomic mass is 10.1. The van der Waals surface area contributed by atoms with E-state index in [-0.39, 0.29) is 17.8 Å². The Bertz CT molecular complexity index is 476. The van der Waals surface area contributed by atoms with Crippen LogP contribution in [-0.4, -0.2) is 36.5 Å². The van der Waals surface area contributed by atoms with E-state index in [1.165, 1.54) is 6.07 Å². The molecule has 0 amide bonds. The quantitative estimate of drug-likeness (QED) is 0.641. The molecule has 1 aromatic carbocycles. The largest absolute Gasteiger partial charge is 0.384 e. The zero-order valence-electron chi connectivity index (χ0n) is 11.9. The predicted molar refractivity (Wildman–Crippen MR) is 77.3 cm³/mol. The zero-order chi connectivity index (χ0) is 14.5. The third-order valence-corrected chi connectivity index (χ3v) is 3.62. The summed E-state index contributed by atoms with van der Waals surface area (Å²) in [6, 6.07) is 4.75. The number of nitrogens with two attached hydrogens (primary N) is 1. The Hall–Kier alpha value is -1.46. The SMILES string of the molecule is CCOC1CCCN(Cc2ccc(C(=N)N)cc2F)C1. The Morgan fingerprint density at radius 1 is 1.55 bits per heavy atom. The number of hydrogen-bond donors (Lipinski definition) is 2. The van der Waals surface area contributed by atoms with Crippen LogP contribution in [0.1, 0.15) is 30.9 Å². The van der Waals surface area contributed by atoms with Gasteiger partial charge in [-0.15, -0.1) is 0 Å². The topological polar surface area (TPSA) is 62.3 Å². The summed E-state index contributed by atoms with van der Waals surface area (Å²) in [5.41, 5.74) is 6.43. The van der Waals surface area contributed by atoms with Crippen molar-refractivity contribution in [3.8, 4) is 0 Å². The van der Waals surface area contributed by atoms with Crippen molar-refractivity contribution in [2.45, 2.75) is 32.4 Å². The van der Waals surface area contributed by atoms with Crippen molar-refractivity contribution < 1.29 is 9.13 Å². The summed E-state index contributed by atoms with van der Waals surface area (Å²) in [7, 11) is 0. The van der Waals surface area contributed by atoms with Gasteiger partial charge in [-0.1, -0.05) is 12.1 Å². The molecule has 1 aliphatic rings. The molecule has 0 bridgehead atoms. The van der Waals surface area contributed by atoms with Crippen molar-refractivity contribution in [3.63, 3.8) is 0 Å². The summed E-state index contributed by atoms with van der Waals surface area (Å²) in [6.07, 6.45) is 2.42. The molecule has 1 fully saturated rings. The molecule has 3 N–H and O–H groups in total. The van der Waals surface area contributed by atoms with E-state index >= 15 is 0 Å². The molecule has 1 saturated heterocycles. The van der Waals surface area contributed by atoms with Crippen molar-refractivity contribution in [2.24, 2.45) is 5.73 Å². The van der Waals surface area contributed by atoms with Gasteiger partial charge in [0.05, 0.1) is 6.10 Å². The van der Waals surface area contributed by atoms with Crippen LogP contribution in [0.4, 0.5) is 4.39 Å². The van der Waals surface area contributed by atoms with Gasteiger partial charge in [0.2, 0.25) is 0 Å². The van der Waals surface area contributed by atoms with Crippen LogP contribution in [0.25, 0.3) is 0 Å². The minimum absolute atomic E-state index is 0.107. The highest BCUT2D eigenvalue weighted by Gasteiger charge is 2.20. The van der Waals surface area contributed by atoms with Crippen molar-refractivity contribution >= 4 is 5.84 Å². The molecule has 1 aliphatic heterocycles. The Morgan fingerprint density at radius 3 is 3.00 bits per heavy atom. The first-order valence-corrected chi connectivity index (χ1v) is 7.07. The third kappa shape index (κ3) is 3.77. The number of amidine groups is 1. The summed E-state index contributed by atoms with van der Waals surface area (Å²) >= 11 is 0. The first kappa shape index (κ1) is 14.9. The van der Waals surface area contributed by atoms with Crippen LogP contribution >= 0.6 is 0 Å². The first-order chi connectivity index (χ1) is 9.60. The number of nitrogens with one attached hydrogen (secondary N) is 1. The Balaban J connectivity index is 2.00. The molecular weight excluding hydrogens is 257 g/mol. The molecule has 4 nitrogen and oxygen atoms in total. The molecule has 1 atom stereocenters. The third-order valence-electron chi connectivity index (χ3n) is 3.62. The number of nitrogen functional groups attached to an aromatic ring is 1. The fourth-order valence-corrected chi connectivity index (χ4v) is 2.61. The number of piperidine rings is 1. The van der Waals surface area contributed by atoms with Gasteiger partial charge in [0.15, 0.2) is 0 Å². The van der Waals surface area contributed by atoms with E-state index in [2.05, 4.69) is 4.90 Å². The molecule has 0 aliphatic carbocycles. The average molecular weight is 279 g/mol. The molecule has 2 rings (SSSR count). The Kier molecular flexibility index (Phi) is 5.09. The average Bonchev–Trinajstić information content (AvgIpc) is 2.42. The molecule has 0 saturated carbocycles. The van der Waals surface area contributed by atoms with E-state index < -0.39 is 0 Å². The van der Waals surface area contributed by atoms with E-state index in [1.54, 1.807) is 12.1 Å². The second-order valence-electron chi connectivity index (χ2n) is 5.17. The van der Waals surface area contributed by atoms with Gasteiger partial charge in [0.25, 0.3) is 0 Å². The van der Waals surface area contributed by atoms with Crippen LogP contribution < -0.4 is 5.73 Å². The van der Waals surface area contributed by atoms with Gasteiger partial charge in [0, 0.05) is 30.8 Å². The fraction of sp³-hybridized carbons (Fsp3) is 0.533. The summed E-state index contributed by atoms with van der Waals surface area (Å²) < 4.78 is 19.7. The Morgan fingerprint density at radius 2 is 2.35 bits per heavy atom. The van der Waals surface area contributed by atoms with Crippen LogP contribution in [0.15, 0.2) is 18.2 Å². The van der Waals surface area contributed by atoms with Crippen molar-refractivity contribution in [1.29, 1.82) is 5.41 Å². The minimum atomic E-state index is -0.295. The number of likely N-dealkylation sites (tertiary alicyclic amines) is 1. The van der Waals surface area contributed by atoms with Gasteiger partial charge in [-0.3, -0.25) is 10.3 Å². The smallest absolute Gasteiger partial charge is 0.128 e. The Labute approximate surface area is 119 Å². The summed E-state index contributed by atoms with van der Waals surface area (Å²) in [4.78, 5) is 2.22. The minimum Gasteiger partial charge on any atom is -0.384 e. The van der Waals surface area contributed by atoms with Gasteiger partial charge < -0.3 is 10.5 Å². The summed E-state index contributed by atoms with van der Waals surface area (Å²) in [6.45, 7) is 5.12. The summed E-state index contributed by atoms with van der Waals surface area (Å²) in [5.74, 6) is -0.402. The van der Waals surface area contributed by atoms with Crippen LogP contribution in [0.3, 0.4) is 0 Å². The van der Waals surface area contributed by atoms with Crippen LogP contribution in [0.2, 0.25) is 0 Å². The van der Waals surface area contributed by atoms with Crippen LogP contribution in [0.5, 0.6) is 0 Å². The van der Waals surface area contributed by atoms with E-state index in [1.807, 2.05) is 6.92 Å². The molecular formula is C15H22FN3O. The number of benzene rings is 1. The zero-order valence-corrected chi connectivity index (χ0v) is 11.9. The van der Waals surface area contributed by atoms with Gasteiger partial charge in [-0.05, 0) is 32.4 Å². The van der Waals surface area contributed by atoms with Crippen LogP contribution in [-0.2, 0) is 11.3 Å². The highest BCUT2D eigenvalue weighted by Crippen LogP contribution is 2.18. The number of ether oxygens (including phenoxy) is 1. The van der Waals surface area contributed by atoms with Crippen molar-refractivity contribution in [1.82, 2.24) is 4.90 Å². The maximum Gasteiger partial charge on any atom is 0.128 e. The van der Waals surface area contributed by atoms with Crippen LogP contribution in [0, 0.1) is 11.2 Å². The van der Waals surface area contributed by atoms with Crippen molar-refractivity contribution in [2.75, 3.05) is 19.7 Å². The lowest BCUT2D eigenvalue weighted by Crippen LogP contribution is -2.39. The van der Waals surface area contributed by atoms with Gasteiger partial charge in [0.1, 0.15) is 11.7 Å². The molecule has 1 heterocycles. The lowest BCUT2D eigenvalue weighted by molar-refractivity contribution is 0.00337. The van der Waals surface area contributed by atoms with Gasteiger partial charge in [-0.25, -0.2) is 4.39 Å². The normalized spacial score (nSPS) is 20.0. The van der Waals surface area contributed by atoms with E-state index in [9.17, 15) is 4.39 Å². The summed E-state index contributed by atoms with van der Waals surface area (Å²) in [5, 5.41) is 7.31. The number of hydrogen-bond acceptors (Lipinski definition) is 3. The maximum atomic E-state index is 14.0. The first-order valence-electron chi connectivity index (χ1n) is 7.07. The molecule has 0 aromatic heterocycles. The number of rotatable bonds is 5. The maximum absolute atomic E-state index is 14.0. The monoisotopic (exact) mass is 279 g/mol. The predicted octanol–water partition coefficient (Wildman–Crippen LogP) is 2.11.